The molecule has 0 saturated carbocycles. The van der Waals surface area contributed by atoms with Crippen LogP contribution in [0.5, 0.6) is 0 Å². The summed E-state index contributed by atoms with van der Waals surface area (Å²) in [5.41, 5.74) is 2.12. The van der Waals surface area contributed by atoms with E-state index < -0.39 is 0 Å². The van der Waals surface area contributed by atoms with Crippen LogP contribution in [0.2, 0.25) is 0 Å². The molecule has 0 unspecified atom stereocenters. The minimum Gasteiger partial charge on any atom is -0.317 e. The Bertz CT molecular complexity index is 718. The Morgan fingerprint density at radius 1 is 1.26 bits per heavy atom. The zero-order valence-corrected chi connectivity index (χ0v) is 14.3. The summed E-state index contributed by atoms with van der Waals surface area (Å²) >= 11 is 0. The average molecular weight is 317 g/mol. The number of urea groups is 1. The minimum atomic E-state index is -0.180. The van der Waals surface area contributed by atoms with Crippen LogP contribution >= 0.6 is 0 Å². The van der Waals surface area contributed by atoms with Gasteiger partial charge in [0, 0.05) is 19.0 Å². The largest absolute Gasteiger partial charge is 0.324 e. The van der Waals surface area contributed by atoms with Gasteiger partial charge in [0.2, 0.25) is 5.95 Å². The van der Waals surface area contributed by atoms with Crippen molar-refractivity contribution < 1.29 is 4.79 Å². The number of carbonyl (C=O) groups is 1. The molecule has 1 aliphatic rings. The van der Waals surface area contributed by atoms with Gasteiger partial charge in [0.25, 0.3) is 0 Å². The lowest BCUT2D eigenvalue weighted by Crippen LogP contribution is -2.41. The summed E-state index contributed by atoms with van der Waals surface area (Å²) in [5.74, 6) is 1.09. The second-order valence-corrected chi connectivity index (χ2v) is 6.95. The normalized spacial score (nSPS) is 14.7. The van der Waals surface area contributed by atoms with Crippen molar-refractivity contribution in [2.75, 3.05) is 11.9 Å². The second-order valence-electron chi connectivity index (χ2n) is 6.95. The van der Waals surface area contributed by atoms with Gasteiger partial charge >= 0.3 is 6.03 Å². The molecule has 3 heterocycles. The van der Waals surface area contributed by atoms with Crippen molar-refractivity contribution >= 4 is 12.0 Å². The third-order valence-electron chi connectivity index (χ3n) is 4.05. The van der Waals surface area contributed by atoms with Crippen LogP contribution in [0, 0.1) is 6.92 Å². The van der Waals surface area contributed by atoms with Crippen molar-refractivity contribution in [3.63, 3.8) is 0 Å². The first-order chi connectivity index (χ1) is 10.7. The molecule has 0 aliphatic carbocycles. The van der Waals surface area contributed by atoms with Gasteiger partial charge in [0.15, 0.2) is 0 Å². The standard InChI is InChI=1S/C15H23N7O/c1-10-16-13(19-20(10)5)17-14(23)21-6-7-22-11(9-21)8-12(18-22)15(2,3)4/h8H,6-7,9H2,1-5H3,(H,17,19,23). The third-order valence-corrected chi connectivity index (χ3v) is 4.05. The highest BCUT2D eigenvalue weighted by atomic mass is 16.2. The molecule has 1 N–H and O–H groups in total. The Balaban J connectivity index is 1.71. The van der Waals surface area contributed by atoms with E-state index in [1.807, 2.05) is 11.6 Å². The Morgan fingerprint density at radius 2 is 2.00 bits per heavy atom. The number of anilines is 1. The Labute approximate surface area is 135 Å². The molecule has 0 bridgehead atoms. The Morgan fingerprint density at radius 3 is 2.61 bits per heavy atom. The molecular formula is C15H23N7O. The maximum atomic E-state index is 12.4. The first kappa shape index (κ1) is 15.5. The number of carbonyl (C=O) groups excluding carboxylic acids is 1. The number of nitrogens with zero attached hydrogens (tertiary/aromatic N) is 6. The average Bonchev–Trinajstić information content (AvgIpc) is 3.01. The van der Waals surface area contributed by atoms with Crippen LogP contribution in [0.25, 0.3) is 0 Å². The summed E-state index contributed by atoms with van der Waals surface area (Å²) in [6.07, 6.45) is 0. The van der Waals surface area contributed by atoms with Gasteiger partial charge in [-0.15, -0.1) is 5.10 Å². The van der Waals surface area contributed by atoms with Crippen molar-refractivity contribution in [1.29, 1.82) is 0 Å². The first-order valence-corrected chi connectivity index (χ1v) is 7.75. The zero-order chi connectivity index (χ0) is 16.8. The van der Waals surface area contributed by atoms with E-state index in [-0.39, 0.29) is 11.4 Å². The molecule has 8 heteroatoms. The molecule has 23 heavy (non-hydrogen) atoms. The zero-order valence-electron chi connectivity index (χ0n) is 14.3. The fraction of sp³-hybridized carbons (Fsp3) is 0.600. The number of hydrogen-bond donors (Lipinski definition) is 1. The van der Waals surface area contributed by atoms with Crippen molar-refractivity contribution in [3.05, 3.63) is 23.3 Å². The number of nitrogens with one attached hydrogen (secondary N) is 1. The lowest BCUT2D eigenvalue weighted by atomic mass is 9.92. The molecule has 0 radical (unpaired) electrons. The molecule has 0 aromatic carbocycles. The van der Waals surface area contributed by atoms with E-state index in [1.165, 1.54) is 0 Å². The molecule has 2 amide bonds. The van der Waals surface area contributed by atoms with Crippen LogP contribution in [-0.2, 0) is 25.6 Å². The minimum absolute atomic E-state index is 0.00678. The smallest absolute Gasteiger partial charge is 0.317 e. The highest BCUT2D eigenvalue weighted by molar-refractivity contribution is 5.87. The molecule has 0 atom stereocenters. The summed E-state index contributed by atoms with van der Waals surface area (Å²) in [4.78, 5) is 18.4. The predicted octanol–water partition coefficient (Wildman–Crippen LogP) is 1.67. The van der Waals surface area contributed by atoms with Crippen LogP contribution in [0.1, 0.15) is 38.0 Å². The van der Waals surface area contributed by atoms with Crippen LogP contribution in [-0.4, -0.2) is 42.0 Å². The topological polar surface area (TPSA) is 80.9 Å². The first-order valence-electron chi connectivity index (χ1n) is 7.75. The predicted molar refractivity (Wildman–Crippen MR) is 86.1 cm³/mol. The van der Waals surface area contributed by atoms with Crippen molar-refractivity contribution in [2.24, 2.45) is 7.05 Å². The molecule has 0 fully saturated rings. The third kappa shape index (κ3) is 3.06. The molecule has 0 spiro atoms. The fourth-order valence-corrected chi connectivity index (χ4v) is 2.50. The summed E-state index contributed by atoms with van der Waals surface area (Å²) in [7, 11) is 1.80. The van der Waals surface area contributed by atoms with Gasteiger partial charge in [0.1, 0.15) is 5.82 Å². The van der Waals surface area contributed by atoms with E-state index >= 15 is 0 Å². The molecule has 8 nitrogen and oxygen atoms in total. The number of aromatic nitrogens is 5. The maximum Gasteiger partial charge on any atom is 0.324 e. The molecule has 1 aliphatic heterocycles. The van der Waals surface area contributed by atoms with Gasteiger partial charge in [-0.05, 0) is 13.0 Å². The molecule has 2 aromatic rings. The summed E-state index contributed by atoms with van der Waals surface area (Å²) in [5, 5.41) is 11.6. The molecule has 2 aromatic heterocycles. The van der Waals surface area contributed by atoms with Gasteiger partial charge in [-0.1, -0.05) is 20.8 Å². The van der Waals surface area contributed by atoms with Gasteiger partial charge in [0.05, 0.1) is 24.5 Å². The van der Waals surface area contributed by atoms with Gasteiger partial charge in [-0.2, -0.15) is 10.1 Å². The van der Waals surface area contributed by atoms with E-state index in [2.05, 4.69) is 47.3 Å². The van der Waals surface area contributed by atoms with E-state index in [1.54, 1.807) is 16.6 Å². The van der Waals surface area contributed by atoms with Crippen LogP contribution < -0.4 is 5.32 Å². The monoisotopic (exact) mass is 317 g/mol. The molecule has 124 valence electrons. The Hall–Kier alpha value is -2.38. The number of fused-ring (bicyclic) bond motifs is 1. The quantitative estimate of drug-likeness (QED) is 0.867. The molecule has 0 saturated heterocycles. The van der Waals surface area contributed by atoms with Crippen molar-refractivity contribution in [3.8, 4) is 0 Å². The highest BCUT2D eigenvalue weighted by Crippen LogP contribution is 2.24. The summed E-state index contributed by atoms with van der Waals surface area (Å²) in [6.45, 7) is 10.1. The Kier molecular flexibility index (Phi) is 3.62. The van der Waals surface area contributed by atoms with Gasteiger partial charge in [-0.25, -0.2) is 4.79 Å². The van der Waals surface area contributed by atoms with Gasteiger partial charge < -0.3 is 4.90 Å². The number of hydrogen-bond acceptors (Lipinski definition) is 4. The van der Waals surface area contributed by atoms with Crippen molar-refractivity contribution in [1.82, 2.24) is 29.4 Å². The lowest BCUT2D eigenvalue weighted by molar-refractivity contribution is 0.194. The highest BCUT2D eigenvalue weighted by Gasteiger charge is 2.26. The SMILES string of the molecule is Cc1nc(NC(=O)N2CCn3nc(C(C)(C)C)cc3C2)nn1C. The summed E-state index contributed by atoms with van der Waals surface area (Å²) in [6, 6.07) is 1.91. The summed E-state index contributed by atoms with van der Waals surface area (Å²) < 4.78 is 3.63. The van der Waals surface area contributed by atoms with Gasteiger partial charge in [-0.3, -0.25) is 14.7 Å². The van der Waals surface area contributed by atoms with Crippen molar-refractivity contribution in [2.45, 2.75) is 46.2 Å². The second kappa shape index (κ2) is 5.36. The number of rotatable bonds is 1. The van der Waals surface area contributed by atoms with E-state index in [4.69, 9.17) is 0 Å². The van der Waals surface area contributed by atoms with Crippen LogP contribution in [0.3, 0.4) is 0 Å². The van der Waals surface area contributed by atoms with Crippen LogP contribution in [0.15, 0.2) is 6.07 Å². The number of amides is 2. The van der Waals surface area contributed by atoms with Crippen LogP contribution in [0.4, 0.5) is 10.7 Å². The number of aryl methyl sites for hydroxylation is 2. The van der Waals surface area contributed by atoms with E-state index in [0.717, 1.165) is 17.2 Å². The maximum absolute atomic E-state index is 12.4. The molecule has 3 rings (SSSR count). The van der Waals surface area contributed by atoms with E-state index in [0.29, 0.717) is 25.6 Å². The van der Waals surface area contributed by atoms with E-state index in [9.17, 15) is 4.79 Å². The fourth-order valence-electron chi connectivity index (χ4n) is 2.50. The lowest BCUT2D eigenvalue weighted by Gasteiger charge is -2.27. The molecular weight excluding hydrogens is 294 g/mol.